The van der Waals surface area contributed by atoms with E-state index in [2.05, 4.69) is 20.6 Å². The van der Waals surface area contributed by atoms with Crippen molar-refractivity contribution in [3.8, 4) is 5.75 Å². The Balaban J connectivity index is 1.87. The topological polar surface area (TPSA) is 79.0 Å². The lowest BCUT2D eigenvalue weighted by atomic mass is 10.1. The van der Waals surface area contributed by atoms with Crippen molar-refractivity contribution in [3.63, 3.8) is 0 Å². The van der Waals surface area contributed by atoms with Crippen LogP contribution in [-0.4, -0.2) is 30.2 Å². The summed E-state index contributed by atoms with van der Waals surface area (Å²) in [5, 5.41) is 6.40. The maximum absolute atomic E-state index is 12.1. The number of fused-ring (bicyclic) bond motifs is 1. The first-order valence-electron chi connectivity index (χ1n) is 7.00. The number of nitrogens with one attached hydrogen (secondary N) is 3. The minimum Gasteiger partial charge on any atom is -0.497 e. The van der Waals surface area contributed by atoms with Crippen LogP contribution in [0.5, 0.6) is 5.75 Å². The van der Waals surface area contributed by atoms with E-state index >= 15 is 0 Å². The van der Waals surface area contributed by atoms with Gasteiger partial charge in [-0.1, -0.05) is 0 Å². The number of hydrogen-bond donors (Lipinski definition) is 3. The minimum atomic E-state index is -0.0558. The molecule has 21 heavy (non-hydrogen) atoms. The standard InChI is InChI=1S/C15H18N4O2/c1-21-11-4-2-10(3-5-11)17-15-18-13-7-9-16-8-6-12(13)14(20)19-15/h2-5,16H,6-9H2,1H3,(H2,17,18,19,20). The highest BCUT2D eigenvalue weighted by molar-refractivity contribution is 5.54. The Morgan fingerprint density at radius 2 is 1.95 bits per heavy atom. The highest BCUT2D eigenvalue weighted by atomic mass is 16.5. The largest absolute Gasteiger partial charge is 0.497 e. The maximum atomic E-state index is 12.1. The second-order valence-corrected chi connectivity index (χ2v) is 4.94. The van der Waals surface area contributed by atoms with Crippen molar-refractivity contribution in [3.05, 3.63) is 45.9 Å². The summed E-state index contributed by atoms with van der Waals surface area (Å²) in [6, 6.07) is 7.47. The van der Waals surface area contributed by atoms with Gasteiger partial charge in [-0.15, -0.1) is 0 Å². The van der Waals surface area contributed by atoms with Gasteiger partial charge in [-0.2, -0.15) is 0 Å². The molecular weight excluding hydrogens is 268 g/mol. The van der Waals surface area contributed by atoms with Crippen molar-refractivity contribution in [2.75, 3.05) is 25.5 Å². The molecule has 0 saturated heterocycles. The van der Waals surface area contributed by atoms with Gasteiger partial charge in [0, 0.05) is 24.2 Å². The summed E-state index contributed by atoms with van der Waals surface area (Å²) >= 11 is 0. The quantitative estimate of drug-likeness (QED) is 0.790. The van der Waals surface area contributed by atoms with Crippen LogP contribution in [0.1, 0.15) is 11.3 Å². The Hall–Kier alpha value is -2.34. The molecule has 1 aliphatic rings. The van der Waals surface area contributed by atoms with Crippen molar-refractivity contribution < 1.29 is 4.74 Å². The third-order valence-electron chi connectivity index (χ3n) is 3.54. The monoisotopic (exact) mass is 286 g/mol. The van der Waals surface area contributed by atoms with Crippen molar-refractivity contribution in [1.29, 1.82) is 0 Å². The average Bonchev–Trinajstić information content (AvgIpc) is 2.74. The van der Waals surface area contributed by atoms with Crippen LogP contribution in [-0.2, 0) is 12.8 Å². The average molecular weight is 286 g/mol. The summed E-state index contributed by atoms with van der Waals surface area (Å²) in [4.78, 5) is 19.5. The number of ether oxygens (including phenoxy) is 1. The highest BCUT2D eigenvalue weighted by Gasteiger charge is 2.14. The summed E-state index contributed by atoms with van der Waals surface area (Å²) in [5.41, 5.74) is 2.46. The molecule has 0 saturated carbocycles. The van der Waals surface area contributed by atoms with Gasteiger partial charge >= 0.3 is 0 Å². The van der Waals surface area contributed by atoms with Crippen LogP contribution < -0.4 is 20.9 Å². The molecule has 0 aliphatic carbocycles. The summed E-state index contributed by atoms with van der Waals surface area (Å²) in [6.45, 7) is 1.68. The van der Waals surface area contributed by atoms with Crippen molar-refractivity contribution in [2.45, 2.75) is 12.8 Å². The van der Waals surface area contributed by atoms with Crippen LogP contribution >= 0.6 is 0 Å². The first-order valence-corrected chi connectivity index (χ1v) is 7.00. The van der Waals surface area contributed by atoms with E-state index in [0.29, 0.717) is 5.95 Å². The molecule has 2 aromatic rings. The Bertz CT molecular complexity index is 679. The van der Waals surface area contributed by atoms with Crippen LogP contribution in [0, 0.1) is 0 Å². The molecule has 110 valence electrons. The molecule has 1 aromatic heterocycles. The van der Waals surface area contributed by atoms with E-state index < -0.39 is 0 Å². The molecule has 3 N–H and O–H groups in total. The smallest absolute Gasteiger partial charge is 0.255 e. The van der Waals surface area contributed by atoms with Gasteiger partial charge in [0.05, 0.1) is 12.8 Å². The molecule has 6 nitrogen and oxygen atoms in total. The fourth-order valence-corrected chi connectivity index (χ4v) is 2.42. The number of aromatic nitrogens is 2. The number of methoxy groups -OCH3 is 1. The molecule has 0 spiro atoms. The molecule has 3 rings (SSSR count). The van der Waals surface area contributed by atoms with Crippen LogP contribution in [0.4, 0.5) is 11.6 Å². The zero-order chi connectivity index (χ0) is 14.7. The molecule has 0 unspecified atom stereocenters. The van der Waals surface area contributed by atoms with Gasteiger partial charge in [-0.05, 0) is 37.2 Å². The molecule has 0 amide bonds. The van der Waals surface area contributed by atoms with Gasteiger partial charge in [0.1, 0.15) is 5.75 Å². The fraction of sp³-hybridized carbons (Fsp3) is 0.333. The number of rotatable bonds is 3. The van der Waals surface area contributed by atoms with E-state index in [1.807, 2.05) is 24.3 Å². The third-order valence-corrected chi connectivity index (χ3v) is 3.54. The fourth-order valence-electron chi connectivity index (χ4n) is 2.42. The summed E-state index contributed by atoms with van der Waals surface area (Å²) < 4.78 is 5.12. The predicted octanol–water partition coefficient (Wildman–Crippen LogP) is 1.21. The molecule has 0 atom stereocenters. The molecule has 2 heterocycles. The lowest BCUT2D eigenvalue weighted by molar-refractivity contribution is 0.415. The van der Waals surface area contributed by atoms with Crippen molar-refractivity contribution >= 4 is 11.6 Å². The van der Waals surface area contributed by atoms with Gasteiger partial charge < -0.3 is 15.4 Å². The SMILES string of the molecule is COc1ccc(Nc2nc3c(c(=O)[nH]2)CCNCC3)cc1. The molecule has 0 fully saturated rings. The number of nitrogens with zero attached hydrogens (tertiary/aromatic N) is 1. The van der Waals surface area contributed by atoms with Crippen molar-refractivity contribution in [2.24, 2.45) is 0 Å². The lowest BCUT2D eigenvalue weighted by Crippen LogP contribution is -2.20. The third kappa shape index (κ3) is 3.05. The van der Waals surface area contributed by atoms with Crippen LogP contribution in [0.15, 0.2) is 29.1 Å². The van der Waals surface area contributed by atoms with E-state index in [4.69, 9.17) is 4.74 Å². The zero-order valence-corrected chi connectivity index (χ0v) is 11.9. The Morgan fingerprint density at radius 3 is 2.71 bits per heavy atom. The van der Waals surface area contributed by atoms with E-state index in [9.17, 15) is 4.79 Å². The van der Waals surface area contributed by atoms with Crippen LogP contribution in [0.25, 0.3) is 0 Å². The van der Waals surface area contributed by atoms with Gasteiger partial charge in [0.2, 0.25) is 5.95 Å². The first kappa shape index (κ1) is 13.6. The van der Waals surface area contributed by atoms with Crippen molar-refractivity contribution in [1.82, 2.24) is 15.3 Å². The molecule has 6 heteroatoms. The normalized spacial score (nSPS) is 14.1. The number of anilines is 2. The number of aromatic amines is 1. The molecule has 1 aromatic carbocycles. The van der Waals surface area contributed by atoms with Gasteiger partial charge in [-0.3, -0.25) is 9.78 Å². The van der Waals surface area contributed by atoms with E-state index in [1.165, 1.54) is 0 Å². The highest BCUT2D eigenvalue weighted by Crippen LogP contribution is 2.18. The molecular formula is C15H18N4O2. The number of H-pyrrole nitrogens is 1. The first-order chi connectivity index (χ1) is 10.3. The molecule has 1 aliphatic heterocycles. The second kappa shape index (κ2) is 5.97. The molecule has 0 radical (unpaired) electrons. The summed E-state index contributed by atoms with van der Waals surface area (Å²) in [6.07, 6.45) is 1.50. The van der Waals surface area contributed by atoms with E-state index in [1.54, 1.807) is 7.11 Å². The summed E-state index contributed by atoms with van der Waals surface area (Å²) in [7, 11) is 1.63. The lowest BCUT2D eigenvalue weighted by Gasteiger charge is -2.09. The Morgan fingerprint density at radius 1 is 1.19 bits per heavy atom. The zero-order valence-electron chi connectivity index (χ0n) is 11.9. The van der Waals surface area contributed by atoms with Crippen LogP contribution in [0.2, 0.25) is 0 Å². The molecule has 0 bridgehead atoms. The van der Waals surface area contributed by atoms with E-state index in [-0.39, 0.29) is 5.56 Å². The van der Waals surface area contributed by atoms with Gasteiger partial charge in [-0.25, -0.2) is 4.98 Å². The predicted molar refractivity (Wildman–Crippen MR) is 81.4 cm³/mol. The van der Waals surface area contributed by atoms with Crippen LogP contribution in [0.3, 0.4) is 0 Å². The minimum absolute atomic E-state index is 0.0558. The Kier molecular flexibility index (Phi) is 3.87. The summed E-state index contributed by atoms with van der Waals surface area (Å²) in [5.74, 6) is 1.26. The number of hydrogen-bond acceptors (Lipinski definition) is 5. The second-order valence-electron chi connectivity index (χ2n) is 4.94. The number of benzene rings is 1. The van der Waals surface area contributed by atoms with Gasteiger partial charge in [0.25, 0.3) is 5.56 Å². The van der Waals surface area contributed by atoms with E-state index in [0.717, 1.165) is 48.6 Å². The van der Waals surface area contributed by atoms with Gasteiger partial charge in [0.15, 0.2) is 0 Å². The maximum Gasteiger partial charge on any atom is 0.255 e. The Labute approximate surface area is 122 Å².